The zero-order valence-electron chi connectivity index (χ0n) is 13.4. The average molecular weight is 344 g/mol. The molecule has 3 aromatic rings. The Balaban J connectivity index is 2.26. The fraction of sp³-hybridized carbons (Fsp3) is 0.150. The van der Waals surface area contributed by atoms with Crippen LogP contribution < -0.4 is 0 Å². The number of benzene rings is 2. The van der Waals surface area contributed by atoms with Gasteiger partial charge in [-0.25, -0.2) is 4.98 Å². The molecule has 1 nitrogen and oxygen atoms in total. The van der Waals surface area contributed by atoms with Gasteiger partial charge in [-0.15, -0.1) is 0 Å². The van der Waals surface area contributed by atoms with Crippen LogP contribution in [0.3, 0.4) is 0 Å². The maximum absolute atomic E-state index is 13.8. The molecule has 0 saturated heterocycles. The number of nitrogens with zero attached hydrogens (tertiary/aromatic N) is 1. The van der Waals surface area contributed by atoms with Gasteiger partial charge in [0, 0.05) is 16.7 Å². The van der Waals surface area contributed by atoms with Crippen molar-refractivity contribution in [3.63, 3.8) is 0 Å². The lowest BCUT2D eigenvalue weighted by Gasteiger charge is -2.15. The van der Waals surface area contributed by atoms with E-state index >= 15 is 0 Å². The summed E-state index contributed by atoms with van der Waals surface area (Å²) >= 11 is 5.30. The van der Waals surface area contributed by atoms with E-state index < -0.39 is 5.38 Å². The highest BCUT2D eigenvalue weighted by Crippen LogP contribution is 2.37. The highest BCUT2D eigenvalue weighted by Gasteiger charge is 2.29. The minimum Gasteiger partial charge on any atom is -0.248 e. The zero-order valence-corrected chi connectivity index (χ0v) is 14.1. The van der Waals surface area contributed by atoms with Crippen LogP contribution in [0.5, 0.6) is 0 Å². The monoisotopic (exact) mass is 343 g/mol. The number of alkyl halides is 3. The predicted octanol–water partition coefficient (Wildman–Crippen LogP) is 6.32. The van der Waals surface area contributed by atoms with Crippen molar-refractivity contribution in [2.75, 3.05) is 0 Å². The molecule has 0 N–H and O–H groups in total. The van der Waals surface area contributed by atoms with Gasteiger partial charge in [0.15, 0.2) is 0 Å². The van der Waals surface area contributed by atoms with Crippen molar-refractivity contribution >= 4 is 11.6 Å². The Labute approximate surface area is 144 Å². The molecule has 0 fully saturated rings. The van der Waals surface area contributed by atoms with Gasteiger partial charge in [-0.1, -0.05) is 48.5 Å². The maximum Gasteiger partial charge on any atom is 0.348 e. The minimum absolute atomic E-state index is 0.254. The Morgan fingerprint density at radius 2 is 1.21 bits per heavy atom. The standard InChI is InChI=1S/C20H16ClF2N/c1-13-7-3-5-9-16(13)18-11-15(20(21,22)23)12-19(24-18)17-10-6-4-8-14(17)2/h3-12H,1-2H3. The van der Waals surface area contributed by atoms with Gasteiger partial charge in [0.2, 0.25) is 0 Å². The van der Waals surface area contributed by atoms with Crippen LogP contribution in [0.15, 0.2) is 60.7 Å². The molecule has 0 aliphatic rings. The molecule has 1 heterocycles. The van der Waals surface area contributed by atoms with E-state index in [9.17, 15) is 8.78 Å². The molecule has 0 atom stereocenters. The number of hydrogen-bond acceptors (Lipinski definition) is 1. The van der Waals surface area contributed by atoms with Gasteiger partial charge in [0.25, 0.3) is 0 Å². The van der Waals surface area contributed by atoms with Crippen molar-refractivity contribution in [3.05, 3.63) is 77.4 Å². The molecule has 0 radical (unpaired) electrons. The predicted molar refractivity (Wildman–Crippen MR) is 94.3 cm³/mol. The molecule has 0 aliphatic carbocycles. The molecule has 24 heavy (non-hydrogen) atoms. The summed E-state index contributed by atoms with van der Waals surface area (Å²) in [7, 11) is 0. The summed E-state index contributed by atoms with van der Waals surface area (Å²) in [6, 6.07) is 17.8. The lowest BCUT2D eigenvalue weighted by Crippen LogP contribution is -2.05. The van der Waals surface area contributed by atoms with E-state index in [0.717, 1.165) is 22.3 Å². The van der Waals surface area contributed by atoms with Gasteiger partial charge in [-0.2, -0.15) is 8.78 Å². The van der Waals surface area contributed by atoms with E-state index in [1.165, 1.54) is 12.1 Å². The summed E-state index contributed by atoms with van der Waals surface area (Å²) in [5.41, 5.74) is 4.29. The average Bonchev–Trinajstić information content (AvgIpc) is 2.54. The molecule has 2 aromatic carbocycles. The molecule has 0 bridgehead atoms. The molecule has 4 heteroatoms. The van der Waals surface area contributed by atoms with Crippen LogP contribution in [-0.4, -0.2) is 4.98 Å². The number of hydrogen-bond donors (Lipinski definition) is 0. The van der Waals surface area contributed by atoms with Gasteiger partial charge < -0.3 is 0 Å². The highest BCUT2D eigenvalue weighted by atomic mass is 35.5. The number of aryl methyl sites for hydroxylation is 2. The second-order valence-corrected chi connectivity index (χ2v) is 6.23. The Morgan fingerprint density at radius 1 is 0.792 bits per heavy atom. The van der Waals surface area contributed by atoms with E-state index in [1.54, 1.807) is 0 Å². The first-order valence-electron chi connectivity index (χ1n) is 7.57. The molecule has 1 aromatic heterocycles. The van der Waals surface area contributed by atoms with Crippen molar-refractivity contribution in [1.82, 2.24) is 4.98 Å². The Bertz CT molecular complexity index is 821. The molecule has 122 valence electrons. The molecule has 3 rings (SSSR count). The molecule has 0 spiro atoms. The summed E-state index contributed by atoms with van der Waals surface area (Å²) in [5, 5.41) is -3.45. The van der Waals surface area contributed by atoms with E-state index in [2.05, 4.69) is 4.98 Å². The van der Waals surface area contributed by atoms with Crippen molar-refractivity contribution < 1.29 is 8.78 Å². The number of aromatic nitrogens is 1. The van der Waals surface area contributed by atoms with E-state index in [4.69, 9.17) is 11.6 Å². The van der Waals surface area contributed by atoms with Gasteiger partial charge in [-0.05, 0) is 48.7 Å². The lowest BCUT2D eigenvalue weighted by molar-refractivity contribution is 0.0951. The van der Waals surface area contributed by atoms with Gasteiger partial charge in [0.05, 0.1) is 11.4 Å². The van der Waals surface area contributed by atoms with Gasteiger partial charge >= 0.3 is 5.38 Å². The summed E-state index contributed by atoms with van der Waals surface area (Å²) < 4.78 is 27.6. The first kappa shape index (κ1) is 16.6. The van der Waals surface area contributed by atoms with Crippen LogP contribution >= 0.6 is 11.6 Å². The zero-order chi connectivity index (χ0) is 17.3. The quantitative estimate of drug-likeness (QED) is 0.507. The van der Waals surface area contributed by atoms with Crippen LogP contribution in [0.25, 0.3) is 22.5 Å². The van der Waals surface area contributed by atoms with Crippen LogP contribution in [0.1, 0.15) is 16.7 Å². The maximum atomic E-state index is 13.8. The highest BCUT2D eigenvalue weighted by molar-refractivity contribution is 6.21. The smallest absolute Gasteiger partial charge is 0.248 e. The van der Waals surface area contributed by atoms with Crippen LogP contribution in [-0.2, 0) is 5.38 Å². The van der Waals surface area contributed by atoms with Crippen LogP contribution in [0.4, 0.5) is 8.78 Å². The summed E-state index contributed by atoms with van der Waals surface area (Å²) in [4.78, 5) is 4.62. The first-order chi connectivity index (χ1) is 11.4. The molecule has 0 saturated carbocycles. The number of rotatable bonds is 3. The Hall–Kier alpha value is -2.26. The van der Waals surface area contributed by atoms with E-state index in [-0.39, 0.29) is 5.56 Å². The van der Waals surface area contributed by atoms with Crippen molar-refractivity contribution in [2.24, 2.45) is 0 Å². The number of halogens is 3. The Morgan fingerprint density at radius 3 is 1.58 bits per heavy atom. The summed E-state index contributed by atoms with van der Waals surface area (Å²) in [6.45, 7) is 3.85. The molecule has 0 aliphatic heterocycles. The van der Waals surface area contributed by atoms with Gasteiger partial charge in [0.1, 0.15) is 0 Å². The molecular weight excluding hydrogens is 328 g/mol. The summed E-state index contributed by atoms with van der Waals surface area (Å²) in [6.07, 6.45) is 0. The van der Waals surface area contributed by atoms with Crippen LogP contribution in [0.2, 0.25) is 0 Å². The SMILES string of the molecule is Cc1ccccc1-c1cc(C(F)(F)Cl)cc(-c2ccccc2C)n1. The third-order valence-corrected chi connectivity index (χ3v) is 4.21. The summed E-state index contributed by atoms with van der Waals surface area (Å²) in [5.74, 6) is 0. The van der Waals surface area contributed by atoms with Crippen molar-refractivity contribution in [1.29, 1.82) is 0 Å². The second kappa shape index (κ2) is 6.33. The topological polar surface area (TPSA) is 12.9 Å². The lowest BCUT2D eigenvalue weighted by atomic mass is 10.00. The first-order valence-corrected chi connectivity index (χ1v) is 7.95. The Kier molecular flexibility index (Phi) is 4.37. The fourth-order valence-corrected chi connectivity index (χ4v) is 2.80. The normalized spacial score (nSPS) is 11.5. The number of pyridine rings is 1. The van der Waals surface area contributed by atoms with Crippen molar-refractivity contribution in [2.45, 2.75) is 19.2 Å². The minimum atomic E-state index is -3.45. The third kappa shape index (κ3) is 3.31. The molecular formula is C20H16ClF2N. The third-order valence-electron chi connectivity index (χ3n) is 3.99. The van der Waals surface area contributed by atoms with E-state index in [0.29, 0.717) is 11.4 Å². The van der Waals surface area contributed by atoms with Crippen LogP contribution in [0, 0.1) is 13.8 Å². The van der Waals surface area contributed by atoms with E-state index in [1.807, 2.05) is 62.4 Å². The second-order valence-electron chi connectivity index (χ2n) is 5.75. The van der Waals surface area contributed by atoms with Crippen molar-refractivity contribution in [3.8, 4) is 22.5 Å². The fourth-order valence-electron chi connectivity index (χ4n) is 2.69. The van der Waals surface area contributed by atoms with Gasteiger partial charge in [-0.3, -0.25) is 0 Å². The largest absolute Gasteiger partial charge is 0.348 e. The molecule has 0 unspecified atom stereocenters. The molecule has 0 amide bonds.